The molecule has 1 aliphatic carbocycles. The standard InChI is InChI=1S/C22H29NO2/c1-3-5-14-8-13-9-19-21(14)23(12-13)15(4-2)10-18-17-11-16(24)6-7-20(17)25-22(18)19/h6-7,11,13-15,19,21,24H,3-5,8-10,12H2,1-2H3/t13-,14+,15+,19+,21?/m0/s1. The van der Waals surface area contributed by atoms with Gasteiger partial charge in [-0.05, 0) is 62.1 Å². The highest BCUT2D eigenvalue weighted by Crippen LogP contribution is 2.53. The fourth-order valence-corrected chi connectivity index (χ4v) is 6.27. The second kappa shape index (κ2) is 5.77. The lowest BCUT2D eigenvalue weighted by Gasteiger charge is -2.55. The molecule has 4 aliphatic rings. The van der Waals surface area contributed by atoms with Gasteiger partial charge in [0, 0.05) is 35.5 Å². The average molecular weight is 339 g/mol. The molecule has 3 heteroatoms. The number of hydrogen-bond acceptors (Lipinski definition) is 3. The van der Waals surface area contributed by atoms with Crippen molar-refractivity contribution in [2.24, 2.45) is 11.8 Å². The summed E-state index contributed by atoms with van der Waals surface area (Å²) >= 11 is 0. The van der Waals surface area contributed by atoms with E-state index in [1.807, 2.05) is 12.1 Å². The summed E-state index contributed by atoms with van der Waals surface area (Å²) < 4.78 is 6.45. The van der Waals surface area contributed by atoms with Crippen molar-refractivity contribution >= 4 is 11.0 Å². The molecule has 1 aromatic heterocycles. The summed E-state index contributed by atoms with van der Waals surface area (Å²) in [4.78, 5) is 2.85. The number of benzene rings is 1. The van der Waals surface area contributed by atoms with E-state index in [0.29, 0.717) is 23.8 Å². The second-order valence-corrected chi connectivity index (χ2v) is 8.57. The molecule has 25 heavy (non-hydrogen) atoms. The van der Waals surface area contributed by atoms with Gasteiger partial charge in [0.25, 0.3) is 0 Å². The summed E-state index contributed by atoms with van der Waals surface area (Å²) in [5, 5.41) is 11.1. The van der Waals surface area contributed by atoms with Crippen LogP contribution >= 0.6 is 0 Å². The largest absolute Gasteiger partial charge is 0.508 e. The van der Waals surface area contributed by atoms with Crippen LogP contribution in [0, 0.1) is 11.8 Å². The summed E-state index contributed by atoms with van der Waals surface area (Å²) in [5.41, 5.74) is 2.34. The van der Waals surface area contributed by atoms with Gasteiger partial charge in [-0.2, -0.15) is 0 Å². The van der Waals surface area contributed by atoms with Crippen molar-refractivity contribution in [1.82, 2.24) is 4.90 Å². The maximum absolute atomic E-state index is 10.00. The van der Waals surface area contributed by atoms with Crippen LogP contribution in [0.3, 0.4) is 0 Å². The Hall–Kier alpha value is -1.48. The van der Waals surface area contributed by atoms with E-state index in [1.54, 1.807) is 6.07 Å². The predicted molar refractivity (Wildman–Crippen MR) is 100 cm³/mol. The van der Waals surface area contributed by atoms with Crippen LogP contribution in [0.2, 0.25) is 0 Å². The summed E-state index contributed by atoms with van der Waals surface area (Å²) in [6.07, 6.45) is 7.60. The Morgan fingerprint density at radius 3 is 2.92 bits per heavy atom. The molecule has 4 bridgehead atoms. The van der Waals surface area contributed by atoms with Crippen molar-refractivity contribution < 1.29 is 9.52 Å². The maximum Gasteiger partial charge on any atom is 0.134 e. The summed E-state index contributed by atoms with van der Waals surface area (Å²) in [6.45, 7) is 5.95. The number of nitrogens with zero attached hydrogens (tertiary/aromatic N) is 1. The van der Waals surface area contributed by atoms with Gasteiger partial charge < -0.3 is 9.52 Å². The minimum absolute atomic E-state index is 0.349. The van der Waals surface area contributed by atoms with Crippen molar-refractivity contribution in [3.05, 3.63) is 29.5 Å². The second-order valence-electron chi connectivity index (χ2n) is 8.57. The monoisotopic (exact) mass is 339 g/mol. The topological polar surface area (TPSA) is 36.6 Å². The lowest BCUT2D eigenvalue weighted by molar-refractivity contribution is -0.0448. The molecule has 2 saturated heterocycles. The van der Waals surface area contributed by atoms with Crippen LogP contribution < -0.4 is 0 Å². The zero-order valence-corrected chi connectivity index (χ0v) is 15.4. The third-order valence-corrected chi connectivity index (χ3v) is 7.15. The SMILES string of the molecule is CCC[C@@H]1C[C@H]2C[C@H]3c4oc5ccc(O)cc5c4C[C@@H](CC)N(C2)C13. The van der Waals surface area contributed by atoms with Crippen molar-refractivity contribution in [2.45, 2.75) is 70.4 Å². The highest BCUT2D eigenvalue weighted by molar-refractivity contribution is 5.84. The molecule has 3 aliphatic heterocycles. The quantitative estimate of drug-likeness (QED) is 0.848. The molecule has 6 rings (SSSR count). The Labute approximate surface area is 150 Å². The number of furan rings is 1. The first-order valence-corrected chi connectivity index (χ1v) is 10.2. The first-order valence-electron chi connectivity index (χ1n) is 10.2. The zero-order chi connectivity index (χ0) is 17.1. The minimum Gasteiger partial charge on any atom is -0.508 e. The first-order chi connectivity index (χ1) is 12.2. The van der Waals surface area contributed by atoms with E-state index in [-0.39, 0.29) is 0 Å². The number of phenolic OH excluding ortho intramolecular Hbond substituents is 1. The van der Waals surface area contributed by atoms with E-state index >= 15 is 0 Å². The molecule has 4 heterocycles. The summed E-state index contributed by atoms with van der Waals surface area (Å²) in [7, 11) is 0. The Morgan fingerprint density at radius 1 is 1.24 bits per heavy atom. The smallest absolute Gasteiger partial charge is 0.134 e. The summed E-state index contributed by atoms with van der Waals surface area (Å²) in [6, 6.07) is 6.88. The summed E-state index contributed by atoms with van der Waals surface area (Å²) in [5.74, 6) is 3.79. The molecule has 2 aromatic rings. The van der Waals surface area contributed by atoms with E-state index < -0.39 is 0 Å². The van der Waals surface area contributed by atoms with Gasteiger partial charge in [0.05, 0.1) is 0 Å². The molecular formula is C22H29NO2. The Bertz CT molecular complexity index is 795. The van der Waals surface area contributed by atoms with Gasteiger partial charge in [-0.3, -0.25) is 4.90 Å². The van der Waals surface area contributed by atoms with Crippen LogP contribution in [-0.4, -0.2) is 28.6 Å². The molecule has 2 unspecified atom stereocenters. The van der Waals surface area contributed by atoms with E-state index in [2.05, 4.69) is 18.7 Å². The van der Waals surface area contributed by atoms with E-state index in [1.165, 1.54) is 50.0 Å². The van der Waals surface area contributed by atoms with E-state index in [9.17, 15) is 5.11 Å². The number of piperidine rings is 2. The van der Waals surface area contributed by atoms with Crippen LogP contribution in [-0.2, 0) is 6.42 Å². The fourth-order valence-electron chi connectivity index (χ4n) is 6.27. The van der Waals surface area contributed by atoms with Crippen LogP contribution in [0.15, 0.2) is 22.6 Å². The van der Waals surface area contributed by atoms with Gasteiger partial charge in [-0.1, -0.05) is 20.3 Å². The Balaban J connectivity index is 1.68. The number of fused-ring (bicyclic) bond motifs is 4. The number of hydrogen-bond donors (Lipinski definition) is 1. The number of rotatable bonds is 3. The van der Waals surface area contributed by atoms with Crippen molar-refractivity contribution in [2.75, 3.05) is 6.54 Å². The third kappa shape index (κ3) is 2.28. The molecule has 1 saturated carbocycles. The third-order valence-electron chi connectivity index (χ3n) is 7.15. The highest BCUT2D eigenvalue weighted by Gasteiger charge is 2.51. The van der Waals surface area contributed by atoms with Crippen LogP contribution in [0.1, 0.15) is 63.2 Å². The van der Waals surface area contributed by atoms with Crippen molar-refractivity contribution in [3.63, 3.8) is 0 Å². The number of aromatic hydroxyl groups is 1. The van der Waals surface area contributed by atoms with Gasteiger partial charge in [-0.25, -0.2) is 0 Å². The van der Waals surface area contributed by atoms with Gasteiger partial charge in [-0.15, -0.1) is 0 Å². The molecule has 6 atom stereocenters. The van der Waals surface area contributed by atoms with Crippen molar-refractivity contribution in [3.8, 4) is 5.75 Å². The molecular weight excluding hydrogens is 310 g/mol. The van der Waals surface area contributed by atoms with Crippen LogP contribution in [0.25, 0.3) is 11.0 Å². The van der Waals surface area contributed by atoms with E-state index in [4.69, 9.17) is 4.42 Å². The minimum atomic E-state index is 0.349. The molecule has 1 aromatic carbocycles. The van der Waals surface area contributed by atoms with Gasteiger partial charge in [0.15, 0.2) is 0 Å². The Kier molecular flexibility index (Phi) is 3.63. The first kappa shape index (κ1) is 15.7. The highest BCUT2D eigenvalue weighted by atomic mass is 16.3. The van der Waals surface area contributed by atoms with E-state index in [0.717, 1.165) is 29.2 Å². The normalized spacial score (nSPS) is 36.4. The predicted octanol–water partition coefficient (Wildman–Crippen LogP) is 5.07. The molecule has 3 nitrogen and oxygen atoms in total. The van der Waals surface area contributed by atoms with Crippen LogP contribution in [0.5, 0.6) is 5.75 Å². The lowest BCUT2D eigenvalue weighted by atomic mass is 9.65. The molecule has 0 radical (unpaired) electrons. The molecule has 0 spiro atoms. The maximum atomic E-state index is 10.00. The molecule has 1 N–H and O–H groups in total. The zero-order valence-electron chi connectivity index (χ0n) is 15.4. The van der Waals surface area contributed by atoms with Gasteiger partial charge in [0.1, 0.15) is 17.1 Å². The average Bonchev–Trinajstić information content (AvgIpc) is 2.93. The van der Waals surface area contributed by atoms with Gasteiger partial charge in [0.2, 0.25) is 0 Å². The fraction of sp³-hybridized carbons (Fsp3) is 0.636. The molecule has 0 amide bonds. The molecule has 3 fully saturated rings. The van der Waals surface area contributed by atoms with Crippen molar-refractivity contribution in [1.29, 1.82) is 0 Å². The number of phenols is 1. The molecule has 134 valence electrons. The van der Waals surface area contributed by atoms with Crippen LogP contribution in [0.4, 0.5) is 0 Å². The van der Waals surface area contributed by atoms with Gasteiger partial charge >= 0.3 is 0 Å². The Morgan fingerprint density at radius 2 is 2.12 bits per heavy atom. The lowest BCUT2D eigenvalue weighted by Crippen LogP contribution is -2.59.